The molecule has 0 radical (unpaired) electrons. The number of hydrogen-bond acceptors (Lipinski definition) is 4. The summed E-state index contributed by atoms with van der Waals surface area (Å²) in [5.41, 5.74) is -0.175. The van der Waals surface area contributed by atoms with E-state index in [9.17, 15) is 4.79 Å². The molecule has 1 atom stereocenters. The SMILES string of the molecule is C=C[C@](C)(CCCCC(=O)OCC)C1OCCO1. The van der Waals surface area contributed by atoms with Crippen LogP contribution in [0.5, 0.6) is 0 Å². The molecule has 0 spiro atoms. The summed E-state index contributed by atoms with van der Waals surface area (Å²) in [5, 5.41) is 0. The van der Waals surface area contributed by atoms with Crippen molar-refractivity contribution in [1.82, 2.24) is 0 Å². The molecule has 18 heavy (non-hydrogen) atoms. The average molecular weight is 256 g/mol. The Bertz CT molecular complexity index is 271. The van der Waals surface area contributed by atoms with Crippen LogP contribution >= 0.6 is 0 Å². The maximum atomic E-state index is 11.2. The van der Waals surface area contributed by atoms with Gasteiger partial charge in [0.15, 0.2) is 6.29 Å². The summed E-state index contributed by atoms with van der Waals surface area (Å²) in [6.45, 7) is 9.52. The van der Waals surface area contributed by atoms with E-state index in [1.807, 2.05) is 13.0 Å². The van der Waals surface area contributed by atoms with Gasteiger partial charge in [-0.3, -0.25) is 4.79 Å². The first-order valence-corrected chi connectivity index (χ1v) is 6.65. The molecule has 0 aromatic heterocycles. The van der Waals surface area contributed by atoms with Crippen LogP contribution in [0.4, 0.5) is 0 Å². The fraction of sp³-hybridized carbons (Fsp3) is 0.786. The lowest BCUT2D eigenvalue weighted by molar-refractivity contribution is -0.143. The largest absolute Gasteiger partial charge is 0.466 e. The predicted molar refractivity (Wildman–Crippen MR) is 69.1 cm³/mol. The molecule has 1 saturated heterocycles. The van der Waals surface area contributed by atoms with Crippen LogP contribution < -0.4 is 0 Å². The summed E-state index contributed by atoms with van der Waals surface area (Å²) in [7, 11) is 0. The number of rotatable bonds is 8. The highest BCUT2D eigenvalue weighted by molar-refractivity contribution is 5.69. The van der Waals surface area contributed by atoms with Gasteiger partial charge in [-0.2, -0.15) is 0 Å². The van der Waals surface area contributed by atoms with Crippen LogP contribution in [0.25, 0.3) is 0 Å². The number of carbonyl (C=O) groups excluding carboxylic acids is 1. The van der Waals surface area contributed by atoms with Gasteiger partial charge in [-0.1, -0.05) is 19.4 Å². The molecule has 0 saturated carbocycles. The topological polar surface area (TPSA) is 44.8 Å². The second kappa shape index (κ2) is 7.54. The summed E-state index contributed by atoms with van der Waals surface area (Å²) in [6, 6.07) is 0. The molecule has 0 amide bonds. The Hall–Kier alpha value is -0.870. The lowest BCUT2D eigenvalue weighted by atomic mass is 9.84. The van der Waals surface area contributed by atoms with Crippen molar-refractivity contribution in [2.24, 2.45) is 5.41 Å². The fourth-order valence-corrected chi connectivity index (χ4v) is 2.06. The summed E-state index contributed by atoms with van der Waals surface area (Å²) in [4.78, 5) is 11.2. The monoisotopic (exact) mass is 256 g/mol. The lowest BCUT2D eigenvalue weighted by Crippen LogP contribution is -2.31. The first-order chi connectivity index (χ1) is 8.62. The first kappa shape index (κ1) is 15.2. The third-order valence-electron chi connectivity index (χ3n) is 3.28. The Kier molecular flexibility index (Phi) is 6.36. The Morgan fingerprint density at radius 1 is 1.44 bits per heavy atom. The smallest absolute Gasteiger partial charge is 0.305 e. The highest BCUT2D eigenvalue weighted by atomic mass is 16.7. The standard InChI is InChI=1S/C14H24O4/c1-4-14(3,13-17-10-11-18-13)9-7-6-8-12(15)16-5-2/h4,13H,1,5-11H2,2-3H3/t14-/m1/s1. The highest BCUT2D eigenvalue weighted by Gasteiger charge is 2.35. The summed E-state index contributed by atoms with van der Waals surface area (Å²) in [5.74, 6) is -0.119. The van der Waals surface area contributed by atoms with Crippen LogP contribution in [0.1, 0.15) is 39.5 Å². The van der Waals surface area contributed by atoms with Gasteiger partial charge >= 0.3 is 5.97 Å². The number of ether oxygens (including phenoxy) is 3. The maximum Gasteiger partial charge on any atom is 0.305 e. The second-order valence-electron chi connectivity index (χ2n) is 4.80. The third-order valence-corrected chi connectivity index (χ3v) is 3.28. The molecule has 0 unspecified atom stereocenters. The van der Waals surface area contributed by atoms with Gasteiger partial charge in [0.1, 0.15) is 0 Å². The minimum absolute atomic E-state index is 0.119. The molecule has 4 heteroatoms. The molecule has 0 N–H and O–H groups in total. The minimum atomic E-state index is -0.197. The number of unbranched alkanes of at least 4 members (excludes halogenated alkanes) is 1. The molecule has 1 aliphatic heterocycles. The van der Waals surface area contributed by atoms with E-state index in [4.69, 9.17) is 14.2 Å². The van der Waals surface area contributed by atoms with Crippen molar-refractivity contribution in [3.63, 3.8) is 0 Å². The molecular weight excluding hydrogens is 232 g/mol. The second-order valence-corrected chi connectivity index (χ2v) is 4.80. The van der Waals surface area contributed by atoms with E-state index in [1.165, 1.54) is 0 Å². The van der Waals surface area contributed by atoms with Crippen molar-refractivity contribution in [1.29, 1.82) is 0 Å². The molecule has 1 rings (SSSR count). The maximum absolute atomic E-state index is 11.2. The summed E-state index contributed by atoms with van der Waals surface area (Å²) < 4.78 is 16.0. The zero-order valence-corrected chi connectivity index (χ0v) is 11.4. The normalized spacial score (nSPS) is 19.4. The molecule has 104 valence electrons. The van der Waals surface area contributed by atoms with Gasteiger partial charge in [0.2, 0.25) is 0 Å². The molecule has 0 aliphatic carbocycles. The van der Waals surface area contributed by atoms with Gasteiger partial charge in [-0.05, 0) is 19.8 Å². The van der Waals surface area contributed by atoms with E-state index in [0.29, 0.717) is 26.2 Å². The van der Waals surface area contributed by atoms with Crippen LogP contribution in [-0.4, -0.2) is 32.1 Å². The van der Waals surface area contributed by atoms with E-state index >= 15 is 0 Å². The van der Waals surface area contributed by atoms with Crippen LogP contribution in [0.3, 0.4) is 0 Å². The predicted octanol–water partition coefficient (Wildman–Crippen LogP) is 2.68. The van der Waals surface area contributed by atoms with Crippen molar-refractivity contribution >= 4 is 5.97 Å². The Morgan fingerprint density at radius 2 is 2.11 bits per heavy atom. The first-order valence-electron chi connectivity index (χ1n) is 6.65. The van der Waals surface area contributed by atoms with Crippen LogP contribution in [0.2, 0.25) is 0 Å². The van der Waals surface area contributed by atoms with E-state index in [-0.39, 0.29) is 17.7 Å². The fourth-order valence-electron chi connectivity index (χ4n) is 2.06. The van der Waals surface area contributed by atoms with E-state index in [1.54, 1.807) is 0 Å². The van der Waals surface area contributed by atoms with Gasteiger partial charge in [0, 0.05) is 11.8 Å². The molecule has 0 aromatic carbocycles. The minimum Gasteiger partial charge on any atom is -0.466 e. The van der Waals surface area contributed by atoms with E-state index in [0.717, 1.165) is 19.3 Å². The zero-order valence-electron chi connectivity index (χ0n) is 11.4. The molecule has 0 aromatic rings. The van der Waals surface area contributed by atoms with Crippen molar-refractivity contribution in [3.8, 4) is 0 Å². The summed E-state index contributed by atoms with van der Waals surface area (Å²) >= 11 is 0. The number of carbonyl (C=O) groups is 1. The molecule has 0 bridgehead atoms. The van der Waals surface area contributed by atoms with Gasteiger partial charge in [0.25, 0.3) is 0 Å². The van der Waals surface area contributed by atoms with Crippen molar-refractivity contribution < 1.29 is 19.0 Å². The average Bonchev–Trinajstić information content (AvgIpc) is 2.89. The van der Waals surface area contributed by atoms with Gasteiger partial charge < -0.3 is 14.2 Å². The number of esters is 1. The lowest BCUT2D eigenvalue weighted by Gasteiger charge is -2.30. The summed E-state index contributed by atoms with van der Waals surface area (Å²) in [6.07, 6.45) is 4.85. The van der Waals surface area contributed by atoms with Crippen LogP contribution in [0, 0.1) is 5.41 Å². The molecule has 1 heterocycles. The highest BCUT2D eigenvalue weighted by Crippen LogP contribution is 2.34. The Morgan fingerprint density at radius 3 is 2.67 bits per heavy atom. The van der Waals surface area contributed by atoms with Gasteiger partial charge in [-0.25, -0.2) is 0 Å². The zero-order chi connectivity index (χ0) is 13.4. The van der Waals surface area contributed by atoms with Crippen LogP contribution in [0.15, 0.2) is 12.7 Å². The van der Waals surface area contributed by atoms with E-state index < -0.39 is 0 Å². The molecule has 1 aliphatic rings. The molecule has 1 fully saturated rings. The van der Waals surface area contributed by atoms with Crippen molar-refractivity contribution in [2.45, 2.75) is 45.8 Å². The third kappa shape index (κ3) is 4.42. The quantitative estimate of drug-likeness (QED) is 0.380. The van der Waals surface area contributed by atoms with Crippen molar-refractivity contribution in [3.05, 3.63) is 12.7 Å². The molecular formula is C14H24O4. The van der Waals surface area contributed by atoms with Crippen LogP contribution in [-0.2, 0) is 19.0 Å². The number of hydrogen-bond donors (Lipinski definition) is 0. The van der Waals surface area contributed by atoms with Gasteiger partial charge in [0.05, 0.1) is 19.8 Å². The molecule has 4 nitrogen and oxygen atoms in total. The van der Waals surface area contributed by atoms with Gasteiger partial charge in [-0.15, -0.1) is 6.58 Å². The Labute approximate surface area is 109 Å². The Balaban J connectivity index is 2.26. The van der Waals surface area contributed by atoms with E-state index in [2.05, 4.69) is 13.5 Å². The van der Waals surface area contributed by atoms with Crippen molar-refractivity contribution in [2.75, 3.05) is 19.8 Å².